The minimum Gasteiger partial charge on any atom is -0.323 e. The molecule has 11 heavy (non-hydrogen) atoms. The molecule has 2 nitrogen and oxygen atoms in total. The molecule has 65 valence electrons. The van der Waals surface area contributed by atoms with Crippen LogP contribution in [0.1, 0.15) is 26.2 Å². The van der Waals surface area contributed by atoms with E-state index in [1.807, 2.05) is 20.3 Å². The average molecular weight is 155 g/mol. The topological polar surface area (TPSA) is 24.4 Å². The highest BCUT2D eigenvalue weighted by atomic mass is 14.7. The van der Waals surface area contributed by atoms with Gasteiger partial charge in [-0.2, -0.15) is 0 Å². The number of hydrogen-bond acceptors (Lipinski definition) is 2. The van der Waals surface area contributed by atoms with Crippen LogP contribution in [0, 0.1) is 6.58 Å². The molecule has 0 aromatic heterocycles. The van der Waals surface area contributed by atoms with E-state index in [0.717, 1.165) is 6.42 Å². The Hall–Kier alpha value is -0.630. The van der Waals surface area contributed by atoms with E-state index in [1.54, 1.807) is 0 Å². The van der Waals surface area contributed by atoms with Gasteiger partial charge in [0.1, 0.15) is 0 Å². The lowest BCUT2D eigenvalue weighted by molar-refractivity contribution is 0.842. The molecule has 0 aromatic rings. The summed E-state index contributed by atoms with van der Waals surface area (Å²) in [5.41, 5.74) is 0. The Morgan fingerprint density at radius 3 is 2.36 bits per heavy atom. The van der Waals surface area contributed by atoms with E-state index in [0.29, 0.717) is 0 Å². The maximum Gasteiger partial charge on any atom is 0.0264 e. The summed E-state index contributed by atoms with van der Waals surface area (Å²) in [5, 5.41) is 2.75. The van der Waals surface area contributed by atoms with Crippen LogP contribution in [0.5, 0.6) is 0 Å². The van der Waals surface area contributed by atoms with Crippen molar-refractivity contribution >= 4 is 6.21 Å². The maximum atomic E-state index is 4.99. The molecule has 1 N–H and O–H groups in total. The Morgan fingerprint density at radius 1 is 1.45 bits per heavy atom. The van der Waals surface area contributed by atoms with E-state index in [4.69, 9.17) is 6.58 Å². The van der Waals surface area contributed by atoms with Gasteiger partial charge in [-0.1, -0.05) is 13.3 Å². The molecule has 0 rings (SSSR count). The number of hydrogen-bond donors (Lipinski definition) is 1. The molecular formula is C9H19N2. The lowest BCUT2D eigenvalue weighted by Gasteiger charge is -1.83. The molecule has 0 aromatic carbocycles. The van der Waals surface area contributed by atoms with Gasteiger partial charge < -0.3 is 5.32 Å². The first-order chi connectivity index (χ1) is 5.33. The summed E-state index contributed by atoms with van der Waals surface area (Å²) in [5.74, 6) is 0. The number of nitrogens with zero attached hydrogens (tertiary/aromatic N) is 1. The molecule has 0 aliphatic carbocycles. The van der Waals surface area contributed by atoms with Gasteiger partial charge in [0.2, 0.25) is 0 Å². The normalized spacial score (nSPS) is 9.00. The molecule has 1 radical (unpaired) electrons. The van der Waals surface area contributed by atoms with E-state index in [-0.39, 0.29) is 0 Å². The van der Waals surface area contributed by atoms with Crippen LogP contribution >= 0.6 is 0 Å². The molecular weight excluding hydrogens is 136 g/mol. The van der Waals surface area contributed by atoms with E-state index in [9.17, 15) is 0 Å². The van der Waals surface area contributed by atoms with Crippen molar-refractivity contribution in [3.63, 3.8) is 0 Å². The Bertz CT molecular complexity index is 87.6. The van der Waals surface area contributed by atoms with Crippen LogP contribution in [0.2, 0.25) is 0 Å². The van der Waals surface area contributed by atoms with E-state index >= 15 is 0 Å². The lowest BCUT2D eigenvalue weighted by Crippen LogP contribution is -1.89. The van der Waals surface area contributed by atoms with Crippen molar-refractivity contribution in [2.45, 2.75) is 26.2 Å². The minimum atomic E-state index is 1.05. The molecule has 0 spiro atoms. The standard InChI is InChI=1S/C7H12N.C2H7N/c1-3-5-6-7-8-4-2;1-3-2/h2,4,7H,3,5-6H2,1H3;3H,1-2H3. The molecule has 0 saturated carbocycles. The van der Waals surface area contributed by atoms with Gasteiger partial charge in [-0.25, -0.2) is 0 Å². The zero-order valence-electron chi connectivity index (χ0n) is 7.80. The first-order valence-electron chi connectivity index (χ1n) is 3.97. The summed E-state index contributed by atoms with van der Waals surface area (Å²) in [4.78, 5) is 3.74. The van der Waals surface area contributed by atoms with Crippen molar-refractivity contribution in [2.24, 2.45) is 4.99 Å². The predicted octanol–water partition coefficient (Wildman–Crippen LogP) is 2.03. The van der Waals surface area contributed by atoms with Crippen molar-refractivity contribution in [1.29, 1.82) is 0 Å². The molecule has 0 unspecified atom stereocenters. The van der Waals surface area contributed by atoms with Crippen molar-refractivity contribution < 1.29 is 0 Å². The van der Waals surface area contributed by atoms with Gasteiger partial charge >= 0.3 is 0 Å². The monoisotopic (exact) mass is 155 g/mol. The fourth-order valence-electron chi connectivity index (χ4n) is 0.431. The molecule has 0 amide bonds. The van der Waals surface area contributed by atoms with Crippen molar-refractivity contribution in [1.82, 2.24) is 5.32 Å². The molecule has 0 saturated heterocycles. The second kappa shape index (κ2) is 16.2. The molecule has 2 heteroatoms. The average Bonchev–Trinajstić information content (AvgIpc) is 2.00. The third kappa shape index (κ3) is 26.7. The molecule has 0 aliphatic rings. The highest BCUT2D eigenvalue weighted by molar-refractivity contribution is 5.57. The summed E-state index contributed by atoms with van der Waals surface area (Å²) in [7, 11) is 3.75. The Labute approximate surface area is 70.4 Å². The third-order valence-electron chi connectivity index (χ3n) is 0.878. The highest BCUT2D eigenvalue weighted by Gasteiger charge is 1.74. The van der Waals surface area contributed by atoms with Crippen LogP contribution in [0.25, 0.3) is 0 Å². The Morgan fingerprint density at radius 2 is 2.00 bits per heavy atom. The predicted molar refractivity (Wildman–Crippen MR) is 51.9 cm³/mol. The summed E-state index contributed by atoms with van der Waals surface area (Å²) in [6.45, 7) is 7.14. The SMILES string of the molecule is CNC.[CH]=CN=CCCCC. The first-order valence-corrected chi connectivity index (χ1v) is 3.97. The van der Waals surface area contributed by atoms with Gasteiger partial charge in [-0.05, 0) is 33.5 Å². The largest absolute Gasteiger partial charge is 0.323 e. The second-order valence-electron chi connectivity index (χ2n) is 2.12. The van der Waals surface area contributed by atoms with Crippen LogP contribution in [0.3, 0.4) is 0 Å². The zero-order chi connectivity index (χ0) is 8.95. The smallest absolute Gasteiger partial charge is 0.0264 e. The van der Waals surface area contributed by atoms with Gasteiger partial charge in [-0.15, -0.1) is 0 Å². The quantitative estimate of drug-likeness (QED) is 0.487. The summed E-state index contributed by atoms with van der Waals surface area (Å²) in [6, 6.07) is 0. The first kappa shape index (κ1) is 13.0. The van der Waals surface area contributed by atoms with Crippen LogP contribution in [0.4, 0.5) is 0 Å². The van der Waals surface area contributed by atoms with Crippen molar-refractivity contribution in [2.75, 3.05) is 14.1 Å². The lowest BCUT2D eigenvalue weighted by atomic mass is 10.3. The zero-order valence-corrected chi connectivity index (χ0v) is 7.80. The third-order valence-corrected chi connectivity index (χ3v) is 0.878. The van der Waals surface area contributed by atoms with Gasteiger partial charge in [0.05, 0.1) is 0 Å². The number of unbranched alkanes of at least 4 members (excludes halogenated alkanes) is 2. The molecule has 0 bridgehead atoms. The molecule has 0 aliphatic heterocycles. The second-order valence-corrected chi connectivity index (χ2v) is 2.12. The maximum absolute atomic E-state index is 4.99. The van der Waals surface area contributed by atoms with Gasteiger partial charge in [-0.3, -0.25) is 4.99 Å². The van der Waals surface area contributed by atoms with Crippen molar-refractivity contribution in [3.8, 4) is 0 Å². The van der Waals surface area contributed by atoms with E-state index in [2.05, 4.69) is 17.2 Å². The number of aliphatic imine (C=N–C) groups is 1. The number of nitrogens with one attached hydrogen (secondary N) is 1. The summed E-state index contributed by atoms with van der Waals surface area (Å²) >= 11 is 0. The Kier molecular flexibility index (Phi) is 19.1. The minimum absolute atomic E-state index is 1.05. The fourth-order valence-corrected chi connectivity index (χ4v) is 0.431. The van der Waals surface area contributed by atoms with Gasteiger partial charge in [0, 0.05) is 12.4 Å². The number of rotatable bonds is 4. The van der Waals surface area contributed by atoms with E-state index in [1.165, 1.54) is 19.0 Å². The van der Waals surface area contributed by atoms with Gasteiger partial charge in [0.25, 0.3) is 0 Å². The van der Waals surface area contributed by atoms with Crippen LogP contribution in [-0.2, 0) is 0 Å². The van der Waals surface area contributed by atoms with Crippen LogP contribution in [0.15, 0.2) is 11.2 Å². The summed E-state index contributed by atoms with van der Waals surface area (Å²) in [6.07, 6.45) is 6.62. The fraction of sp³-hybridized carbons (Fsp3) is 0.667. The highest BCUT2D eigenvalue weighted by Crippen LogP contribution is 1.89. The van der Waals surface area contributed by atoms with Crippen LogP contribution < -0.4 is 5.32 Å². The Balaban J connectivity index is 0. The van der Waals surface area contributed by atoms with Crippen molar-refractivity contribution in [3.05, 3.63) is 12.8 Å². The molecule has 0 fully saturated rings. The summed E-state index contributed by atoms with van der Waals surface area (Å²) < 4.78 is 0. The van der Waals surface area contributed by atoms with Crippen LogP contribution in [-0.4, -0.2) is 20.3 Å². The molecule has 0 heterocycles. The van der Waals surface area contributed by atoms with Gasteiger partial charge in [0.15, 0.2) is 0 Å². The van der Waals surface area contributed by atoms with E-state index < -0.39 is 0 Å². The molecule has 0 atom stereocenters.